The summed E-state index contributed by atoms with van der Waals surface area (Å²) >= 11 is 9.39. The van der Waals surface area contributed by atoms with E-state index in [-0.39, 0.29) is 18.4 Å². The second-order valence-corrected chi connectivity index (χ2v) is 6.01. The molecule has 2 aromatic carbocycles. The van der Waals surface area contributed by atoms with E-state index in [4.69, 9.17) is 11.6 Å². The maximum absolute atomic E-state index is 11.9. The van der Waals surface area contributed by atoms with Gasteiger partial charge in [0.05, 0.1) is 17.1 Å². The van der Waals surface area contributed by atoms with Gasteiger partial charge in [-0.3, -0.25) is 9.59 Å². The molecule has 0 heterocycles. The molecule has 7 heteroatoms. The number of amides is 2. The first-order valence-electron chi connectivity index (χ1n) is 6.80. The Bertz CT molecular complexity index is 720. The van der Waals surface area contributed by atoms with Crippen LogP contribution in [0.25, 0.3) is 0 Å². The summed E-state index contributed by atoms with van der Waals surface area (Å²) in [6.45, 7) is 0.0890. The fourth-order valence-corrected chi connectivity index (χ4v) is 2.40. The molecule has 23 heavy (non-hydrogen) atoms. The van der Waals surface area contributed by atoms with Crippen molar-refractivity contribution < 1.29 is 9.59 Å². The molecule has 2 aromatic rings. The Morgan fingerprint density at radius 1 is 1.09 bits per heavy atom. The Balaban J connectivity index is 1.92. The maximum atomic E-state index is 11.9. The molecule has 0 radical (unpaired) electrons. The van der Waals surface area contributed by atoms with Crippen LogP contribution in [0.3, 0.4) is 0 Å². The topological polar surface area (TPSA) is 70.2 Å². The average Bonchev–Trinajstić information content (AvgIpc) is 2.54. The number of anilines is 2. The number of rotatable bonds is 5. The van der Waals surface area contributed by atoms with Crippen molar-refractivity contribution in [3.05, 3.63) is 57.5 Å². The van der Waals surface area contributed by atoms with Gasteiger partial charge in [0.1, 0.15) is 0 Å². The van der Waals surface area contributed by atoms with Crippen LogP contribution in [-0.2, 0) is 4.79 Å². The molecule has 0 fully saturated rings. The Hall–Kier alpha value is -2.05. The van der Waals surface area contributed by atoms with E-state index in [1.807, 2.05) is 12.1 Å². The average molecular weight is 397 g/mol. The molecular weight excluding hydrogens is 382 g/mol. The number of benzene rings is 2. The fourth-order valence-electron chi connectivity index (χ4n) is 1.86. The Kier molecular flexibility index (Phi) is 6.01. The summed E-state index contributed by atoms with van der Waals surface area (Å²) in [5.74, 6) is -0.437. The van der Waals surface area contributed by atoms with Crippen LogP contribution in [0, 0.1) is 0 Å². The van der Waals surface area contributed by atoms with E-state index < -0.39 is 0 Å². The van der Waals surface area contributed by atoms with Crippen LogP contribution >= 0.6 is 27.5 Å². The van der Waals surface area contributed by atoms with Crippen molar-refractivity contribution in [1.29, 1.82) is 0 Å². The molecule has 0 saturated carbocycles. The fraction of sp³-hybridized carbons (Fsp3) is 0.125. The lowest BCUT2D eigenvalue weighted by Gasteiger charge is -2.10. The van der Waals surface area contributed by atoms with Crippen LogP contribution in [0.2, 0.25) is 5.02 Å². The quantitative estimate of drug-likeness (QED) is 0.724. The number of hydrogen-bond acceptors (Lipinski definition) is 3. The lowest BCUT2D eigenvalue weighted by Crippen LogP contribution is -2.22. The summed E-state index contributed by atoms with van der Waals surface area (Å²) in [6, 6.07) is 12.2. The summed E-state index contributed by atoms with van der Waals surface area (Å²) in [6.07, 6.45) is 0. The predicted octanol–water partition coefficient (Wildman–Crippen LogP) is 3.51. The molecule has 120 valence electrons. The largest absolute Gasteiger partial charge is 0.376 e. The van der Waals surface area contributed by atoms with Crippen molar-refractivity contribution >= 4 is 50.7 Å². The molecule has 0 unspecified atom stereocenters. The molecule has 2 amide bonds. The molecule has 0 aliphatic carbocycles. The third-order valence-electron chi connectivity index (χ3n) is 3.02. The highest BCUT2D eigenvalue weighted by atomic mass is 79.9. The van der Waals surface area contributed by atoms with Crippen molar-refractivity contribution in [2.24, 2.45) is 0 Å². The van der Waals surface area contributed by atoms with Crippen LogP contribution in [0.1, 0.15) is 10.4 Å². The van der Waals surface area contributed by atoms with Crippen LogP contribution in [0.4, 0.5) is 11.4 Å². The zero-order chi connectivity index (χ0) is 16.8. The van der Waals surface area contributed by atoms with E-state index in [0.29, 0.717) is 22.0 Å². The third-order valence-corrected chi connectivity index (χ3v) is 3.86. The van der Waals surface area contributed by atoms with Gasteiger partial charge in [-0.1, -0.05) is 27.5 Å². The van der Waals surface area contributed by atoms with Crippen LogP contribution < -0.4 is 16.0 Å². The van der Waals surface area contributed by atoms with E-state index >= 15 is 0 Å². The molecule has 0 saturated heterocycles. The molecule has 0 aliphatic rings. The van der Waals surface area contributed by atoms with Gasteiger partial charge in [-0.2, -0.15) is 0 Å². The molecule has 0 aromatic heterocycles. The Labute approximate surface area is 147 Å². The second kappa shape index (κ2) is 7.99. The van der Waals surface area contributed by atoms with E-state index in [1.54, 1.807) is 30.3 Å². The SMILES string of the molecule is CNC(=O)c1ccc(NCC(=O)Nc2ccc(Br)cc2)cc1Cl. The summed E-state index contributed by atoms with van der Waals surface area (Å²) < 4.78 is 0.944. The van der Waals surface area contributed by atoms with Crippen molar-refractivity contribution in [3.8, 4) is 0 Å². The number of nitrogens with one attached hydrogen (secondary N) is 3. The standard InChI is InChI=1S/C16H15BrClN3O2/c1-19-16(23)13-7-6-12(8-14(13)18)20-9-15(22)21-11-4-2-10(17)3-5-11/h2-8,20H,9H2,1H3,(H,19,23)(H,21,22). The predicted molar refractivity (Wildman–Crippen MR) is 96.1 cm³/mol. The molecule has 0 atom stereocenters. The first-order chi connectivity index (χ1) is 11.0. The molecule has 0 bridgehead atoms. The normalized spacial score (nSPS) is 10.0. The summed E-state index contributed by atoms with van der Waals surface area (Å²) in [5, 5.41) is 8.57. The van der Waals surface area contributed by atoms with E-state index in [2.05, 4.69) is 31.9 Å². The number of carbonyl (C=O) groups excluding carboxylic acids is 2. The lowest BCUT2D eigenvalue weighted by atomic mass is 10.2. The summed E-state index contributed by atoms with van der Waals surface area (Å²) in [4.78, 5) is 23.5. The Morgan fingerprint density at radius 2 is 1.74 bits per heavy atom. The molecule has 5 nitrogen and oxygen atoms in total. The Morgan fingerprint density at radius 3 is 2.35 bits per heavy atom. The van der Waals surface area contributed by atoms with Crippen LogP contribution in [0.5, 0.6) is 0 Å². The number of hydrogen-bond donors (Lipinski definition) is 3. The summed E-state index contributed by atoms with van der Waals surface area (Å²) in [5.41, 5.74) is 1.76. The van der Waals surface area contributed by atoms with E-state index in [0.717, 1.165) is 4.47 Å². The van der Waals surface area contributed by atoms with Crippen LogP contribution in [0.15, 0.2) is 46.9 Å². The molecular formula is C16H15BrClN3O2. The van der Waals surface area contributed by atoms with Crippen molar-refractivity contribution in [2.75, 3.05) is 24.2 Å². The number of halogens is 2. The van der Waals surface area contributed by atoms with Crippen molar-refractivity contribution in [3.63, 3.8) is 0 Å². The third kappa shape index (κ3) is 4.97. The lowest BCUT2D eigenvalue weighted by molar-refractivity contribution is -0.114. The minimum atomic E-state index is -0.255. The maximum Gasteiger partial charge on any atom is 0.252 e. The van der Waals surface area contributed by atoms with Crippen molar-refractivity contribution in [2.45, 2.75) is 0 Å². The van der Waals surface area contributed by atoms with Gasteiger partial charge < -0.3 is 16.0 Å². The molecule has 0 spiro atoms. The molecule has 3 N–H and O–H groups in total. The van der Waals surface area contributed by atoms with Gasteiger partial charge in [0.25, 0.3) is 5.91 Å². The first kappa shape index (κ1) is 17.3. The number of carbonyl (C=O) groups is 2. The molecule has 0 aliphatic heterocycles. The van der Waals surface area contributed by atoms with Gasteiger partial charge >= 0.3 is 0 Å². The minimum absolute atomic E-state index is 0.0890. The van der Waals surface area contributed by atoms with Gasteiger partial charge in [0.15, 0.2) is 0 Å². The molecule has 2 rings (SSSR count). The van der Waals surface area contributed by atoms with Gasteiger partial charge in [-0.15, -0.1) is 0 Å². The smallest absolute Gasteiger partial charge is 0.252 e. The van der Waals surface area contributed by atoms with Gasteiger partial charge in [-0.25, -0.2) is 0 Å². The van der Waals surface area contributed by atoms with Gasteiger partial charge in [0, 0.05) is 22.9 Å². The summed E-state index contributed by atoms with van der Waals surface area (Å²) in [7, 11) is 1.54. The van der Waals surface area contributed by atoms with E-state index in [1.165, 1.54) is 7.05 Å². The van der Waals surface area contributed by atoms with Crippen LogP contribution in [-0.4, -0.2) is 25.4 Å². The second-order valence-electron chi connectivity index (χ2n) is 4.68. The monoisotopic (exact) mass is 395 g/mol. The van der Waals surface area contributed by atoms with Crippen molar-refractivity contribution in [1.82, 2.24) is 5.32 Å². The highest BCUT2D eigenvalue weighted by molar-refractivity contribution is 9.10. The van der Waals surface area contributed by atoms with E-state index in [9.17, 15) is 9.59 Å². The zero-order valence-electron chi connectivity index (χ0n) is 12.3. The highest BCUT2D eigenvalue weighted by Crippen LogP contribution is 2.21. The van der Waals surface area contributed by atoms with Gasteiger partial charge in [0.2, 0.25) is 5.91 Å². The first-order valence-corrected chi connectivity index (χ1v) is 7.97. The highest BCUT2D eigenvalue weighted by Gasteiger charge is 2.09. The minimum Gasteiger partial charge on any atom is -0.376 e. The zero-order valence-corrected chi connectivity index (χ0v) is 14.7. The van der Waals surface area contributed by atoms with Gasteiger partial charge in [-0.05, 0) is 42.5 Å².